The van der Waals surface area contributed by atoms with E-state index in [-0.39, 0.29) is 46.2 Å². The van der Waals surface area contributed by atoms with Gasteiger partial charge in [-0.15, -0.1) is 0 Å². The molecule has 0 aliphatic heterocycles. The largest absolute Gasteiger partial charge is 0.484 e. The van der Waals surface area contributed by atoms with Crippen molar-refractivity contribution >= 4 is 23.4 Å². The van der Waals surface area contributed by atoms with E-state index in [0.717, 1.165) is 38.2 Å². The Hall–Kier alpha value is -2.61. The molecule has 1 aromatic heterocycles. The predicted molar refractivity (Wildman–Crippen MR) is 116 cm³/mol. The summed E-state index contributed by atoms with van der Waals surface area (Å²) in [5.74, 6) is -0.0523. The minimum Gasteiger partial charge on any atom is -0.484 e. The van der Waals surface area contributed by atoms with Crippen molar-refractivity contribution in [3.63, 3.8) is 0 Å². The summed E-state index contributed by atoms with van der Waals surface area (Å²) < 4.78 is 24.1. The minimum atomic E-state index is -0.591. The standard InChI is InChI=1S/C23H27ClFN3O4/c1-13-11-22(26-19(29)12-31-16-4-5-17(24)18(25)10-16)6-8-23(13,9-7-22)27-21(30)20-14(2)28-32-15(20)3/h4-5,10,13H,6-9,11-12H2,1-3H3,(H,26,29)(H,27,30). The fourth-order valence-corrected chi connectivity index (χ4v) is 5.34. The smallest absolute Gasteiger partial charge is 0.258 e. The zero-order valence-electron chi connectivity index (χ0n) is 18.4. The Morgan fingerprint density at radius 3 is 2.56 bits per heavy atom. The fourth-order valence-electron chi connectivity index (χ4n) is 5.22. The summed E-state index contributed by atoms with van der Waals surface area (Å²) in [5.41, 5.74) is 0.452. The van der Waals surface area contributed by atoms with Crippen molar-refractivity contribution in [1.29, 1.82) is 0 Å². The van der Waals surface area contributed by atoms with Crippen LogP contribution in [-0.4, -0.2) is 34.7 Å². The van der Waals surface area contributed by atoms with E-state index in [1.165, 1.54) is 12.1 Å². The Balaban J connectivity index is 1.36. The summed E-state index contributed by atoms with van der Waals surface area (Å²) in [6, 6.07) is 4.08. The molecule has 172 valence electrons. The lowest BCUT2D eigenvalue weighted by Crippen LogP contribution is -2.67. The summed E-state index contributed by atoms with van der Waals surface area (Å²) in [6.07, 6.45) is 3.83. The van der Waals surface area contributed by atoms with Gasteiger partial charge in [-0.25, -0.2) is 4.39 Å². The molecule has 1 atom stereocenters. The number of hydrogen-bond donors (Lipinski definition) is 2. The molecule has 32 heavy (non-hydrogen) atoms. The SMILES string of the molecule is Cc1noc(C)c1C(=O)NC12CCC(NC(=O)COc3ccc(Cl)c(F)c3)(CC1)CC2C. The molecule has 1 heterocycles. The highest BCUT2D eigenvalue weighted by atomic mass is 35.5. The van der Waals surface area contributed by atoms with Crippen molar-refractivity contribution in [2.24, 2.45) is 5.92 Å². The minimum absolute atomic E-state index is 0.00372. The molecule has 0 saturated heterocycles. The molecule has 2 N–H and O–H groups in total. The first-order valence-corrected chi connectivity index (χ1v) is 11.2. The lowest BCUT2D eigenvalue weighted by Gasteiger charge is -2.57. The van der Waals surface area contributed by atoms with E-state index in [1.54, 1.807) is 13.8 Å². The van der Waals surface area contributed by atoms with Gasteiger partial charge in [0.25, 0.3) is 11.8 Å². The van der Waals surface area contributed by atoms with Crippen molar-refractivity contribution in [2.75, 3.05) is 6.61 Å². The number of amides is 2. The maximum atomic E-state index is 13.5. The number of aromatic nitrogens is 1. The van der Waals surface area contributed by atoms with E-state index in [9.17, 15) is 14.0 Å². The van der Waals surface area contributed by atoms with Crippen LogP contribution < -0.4 is 15.4 Å². The highest BCUT2D eigenvalue weighted by molar-refractivity contribution is 6.30. The fraction of sp³-hybridized carbons (Fsp3) is 0.522. The van der Waals surface area contributed by atoms with Gasteiger partial charge in [0.05, 0.1) is 10.7 Å². The molecule has 3 saturated carbocycles. The lowest BCUT2D eigenvalue weighted by atomic mass is 9.56. The first-order valence-electron chi connectivity index (χ1n) is 10.8. The van der Waals surface area contributed by atoms with Crippen LogP contribution in [0, 0.1) is 25.6 Å². The zero-order valence-corrected chi connectivity index (χ0v) is 19.1. The number of rotatable bonds is 6. The molecule has 3 aliphatic carbocycles. The molecule has 2 amide bonds. The summed E-state index contributed by atoms with van der Waals surface area (Å²) >= 11 is 5.67. The van der Waals surface area contributed by atoms with E-state index >= 15 is 0 Å². The number of aryl methyl sites for hydroxylation is 2. The third-order valence-electron chi connectivity index (χ3n) is 7.03. The number of nitrogens with one attached hydrogen (secondary N) is 2. The van der Waals surface area contributed by atoms with Crippen molar-refractivity contribution in [1.82, 2.24) is 15.8 Å². The van der Waals surface area contributed by atoms with Gasteiger partial charge in [0.2, 0.25) is 0 Å². The molecular formula is C23H27ClFN3O4. The Bertz CT molecular complexity index is 1030. The van der Waals surface area contributed by atoms with Crippen molar-refractivity contribution < 1.29 is 23.2 Å². The van der Waals surface area contributed by atoms with Crippen LogP contribution in [-0.2, 0) is 4.79 Å². The second-order valence-corrected chi connectivity index (χ2v) is 9.51. The number of carbonyl (C=O) groups excluding carboxylic acids is 2. The van der Waals surface area contributed by atoms with Crippen LogP contribution in [0.15, 0.2) is 22.7 Å². The van der Waals surface area contributed by atoms with Gasteiger partial charge < -0.3 is 19.9 Å². The van der Waals surface area contributed by atoms with Crippen LogP contribution in [0.5, 0.6) is 5.75 Å². The molecule has 9 heteroatoms. The first-order chi connectivity index (χ1) is 15.1. The van der Waals surface area contributed by atoms with E-state index in [4.69, 9.17) is 20.9 Å². The van der Waals surface area contributed by atoms with Crippen molar-refractivity contribution in [3.8, 4) is 5.75 Å². The van der Waals surface area contributed by atoms with Gasteiger partial charge in [-0.3, -0.25) is 9.59 Å². The number of ether oxygens (including phenoxy) is 1. The number of nitrogens with zero attached hydrogens (tertiary/aromatic N) is 1. The van der Waals surface area contributed by atoms with Crippen LogP contribution >= 0.6 is 11.6 Å². The number of hydrogen-bond acceptors (Lipinski definition) is 5. The van der Waals surface area contributed by atoms with Gasteiger partial charge in [-0.2, -0.15) is 0 Å². The Morgan fingerprint density at radius 2 is 1.97 bits per heavy atom. The Morgan fingerprint density at radius 1 is 1.25 bits per heavy atom. The van der Waals surface area contributed by atoms with Gasteiger partial charge in [0.1, 0.15) is 22.9 Å². The summed E-state index contributed by atoms with van der Waals surface area (Å²) in [7, 11) is 0. The average Bonchev–Trinajstić information content (AvgIpc) is 3.08. The first kappa shape index (κ1) is 22.6. The predicted octanol–water partition coefficient (Wildman–Crippen LogP) is 4.10. The molecule has 2 bridgehead atoms. The van der Waals surface area contributed by atoms with E-state index in [1.807, 2.05) is 0 Å². The molecule has 2 aromatic rings. The number of fused-ring (bicyclic) bond motifs is 3. The van der Waals surface area contributed by atoms with E-state index in [0.29, 0.717) is 17.0 Å². The van der Waals surface area contributed by atoms with Crippen molar-refractivity contribution in [3.05, 3.63) is 46.1 Å². The Labute approximate surface area is 191 Å². The molecule has 0 radical (unpaired) electrons. The van der Waals surface area contributed by atoms with Gasteiger partial charge in [0.15, 0.2) is 6.61 Å². The van der Waals surface area contributed by atoms with E-state index < -0.39 is 5.82 Å². The maximum absolute atomic E-state index is 13.5. The summed E-state index contributed by atoms with van der Waals surface area (Å²) in [5, 5.41) is 10.3. The van der Waals surface area contributed by atoms with Gasteiger partial charge >= 0.3 is 0 Å². The molecular weight excluding hydrogens is 437 g/mol. The Kier molecular flexibility index (Phi) is 5.92. The van der Waals surface area contributed by atoms with Crippen LogP contribution in [0.1, 0.15) is 60.8 Å². The lowest BCUT2D eigenvalue weighted by molar-refractivity contribution is -0.127. The van der Waals surface area contributed by atoms with Crippen molar-refractivity contribution in [2.45, 2.75) is 64.0 Å². The number of benzene rings is 1. The second kappa shape index (κ2) is 8.39. The third-order valence-corrected chi connectivity index (χ3v) is 7.33. The molecule has 1 aromatic carbocycles. The van der Waals surface area contributed by atoms with Gasteiger partial charge in [-0.1, -0.05) is 23.7 Å². The quantitative estimate of drug-likeness (QED) is 0.672. The van der Waals surface area contributed by atoms with Gasteiger partial charge in [-0.05, 0) is 64.0 Å². The third kappa shape index (κ3) is 4.20. The molecule has 1 unspecified atom stereocenters. The van der Waals surface area contributed by atoms with Crippen LogP contribution in [0.25, 0.3) is 0 Å². The van der Waals surface area contributed by atoms with Gasteiger partial charge in [0, 0.05) is 17.1 Å². The van der Waals surface area contributed by atoms with E-state index in [2.05, 4.69) is 22.7 Å². The maximum Gasteiger partial charge on any atom is 0.258 e. The molecule has 7 nitrogen and oxygen atoms in total. The molecule has 3 aliphatic rings. The van der Waals surface area contributed by atoms with Crippen LogP contribution in [0.4, 0.5) is 4.39 Å². The average molecular weight is 464 g/mol. The topological polar surface area (TPSA) is 93.5 Å². The molecule has 3 fully saturated rings. The second-order valence-electron chi connectivity index (χ2n) is 9.11. The monoisotopic (exact) mass is 463 g/mol. The molecule has 5 rings (SSSR count). The summed E-state index contributed by atoms with van der Waals surface area (Å²) in [4.78, 5) is 25.5. The highest BCUT2D eigenvalue weighted by Gasteiger charge is 2.54. The number of halogens is 2. The summed E-state index contributed by atoms with van der Waals surface area (Å²) in [6.45, 7) is 5.40. The zero-order chi connectivity index (χ0) is 23.1. The van der Waals surface area contributed by atoms with Crippen LogP contribution in [0.3, 0.4) is 0 Å². The highest BCUT2D eigenvalue weighted by Crippen LogP contribution is 2.50. The number of carbonyl (C=O) groups is 2. The van der Waals surface area contributed by atoms with Crippen LogP contribution in [0.2, 0.25) is 5.02 Å². The normalized spacial score (nSPS) is 26.6. The molecule has 0 spiro atoms.